The molecule has 0 atom stereocenters. The SMILES string of the molecule is NCCCCNC(=O)Nc1ccc(OC(F)(F)F)cc1. The highest BCUT2D eigenvalue weighted by molar-refractivity contribution is 5.89. The van der Waals surface area contributed by atoms with Gasteiger partial charge >= 0.3 is 12.4 Å². The van der Waals surface area contributed by atoms with Gasteiger partial charge in [0.15, 0.2) is 0 Å². The minimum atomic E-state index is -4.73. The molecule has 0 aliphatic rings. The Kier molecular flexibility index (Phi) is 6.10. The molecule has 2 amide bonds. The monoisotopic (exact) mass is 291 g/mol. The summed E-state index contributed by atoms with van der Waals surface area (Å²) in [6.07, 6.45) is -3.15. The first-order valence-corrected chi connectivity index (χ1v) is 6.01. The second kappa shape index (κ2) is 7.59. The summed E-state index contributed by atoms with van der Waals surface area (Å²) in [7, 11) is 0. The predicted octanol–water partition coefficient (Wildman–Crippen LogP) is 2.45. The van der Waals surface area contributed by atoms with Gasteiger partial charge in [-0.2, -0.15) is 0 Å². The van der Waals surface area contributed by atoms with Crippen LogP contribution in [0.5, 0.6) is 5.75 Å². The van der Waals surface area contributed by atoms with Crippen molar-refractivity contribution in [1.29, 1.82) is 0 Å². The van der Waals surface area contributed by atoms with Crippen LogP contribution in [0.15, 0.2) is 24.3 Å². The first-order valence-electron chi connectivity index (χ1n) is 6.01. The maximum atomic E-state index is 11.9. The van der Waals surface area contributed by atoms with E-state index in [0.29, 0.717) is 18.8 Å². The van der Waals surface area contributed by atoms with Crippen LogP contribution >= 0.6 is 0 Å². The van der Waals surface area contributed by atoms with E-state index < -0.39 is 12.4 Å². The summed E-state index contributed by atoms with van der Waals surface area (Å²) in [6.45, 7) is 1.04. The highest BCUT2D eigenvalue weighted by Crippen LogP contribution is 2.23. The van der Waals surface area contributed by atoms with Crippen molar-refractivity contribution in [1.82, 2.24) is 5.32 Å². The van der Waals surface area contributed by atoms with Gasteiger partial charge in [-0.15, -0.1) is 13.2 Å². The van der Waals surface area contributed by atoms with Gasteiger partial charge in [0.1, 0.15) is 5.75 Å². The number of amides is 2. The number of anilines is 1. The smallest absolute Gasteiger partial charge is 0.406 e. The van der Waals surface area contributed by atoms with Crippen LogP contribution in [0.4, 0.5) is 23.7 Å². The number of alkyl halides is 3. The topological polar surface area (TPSA) is 76.4 Å². The molecule has 4 N–H and O–H groups in total. The molecule has 0 aromatic heterocycles. The summed E-state index contributed by atoms with van der Waals surface area (Å²) in [5, 5.41) is 5.09. The largest absolute Gasteiger partial charge is 0.573 e. The Balaban J connectivity index is 2.39. The van der Waals surface area contributed by atoms with Gasteiger partial charge in [0, 0.05) is 12.2 Å². The number of rotatable bonds is 6. The van der Waals surface area contributed by atoms with E-state index in [1.165, 1.54) is 12.1 Å². The second-order valence-electron chi connectivity index (χ2n) is 3.95. The minimum Gasteiger partial charge on any atom is -0.406 e. The van der Waals surface area contributed by atoms with Gasteiger partial charge in [0.25, 0.3) is 0 Å². The van der Waals surface area contributed by atoms with E-state index in [0.717, 1.165) is 25.0 Å². The molecule has 0 saturated heterocycles. The van der Waals surface area contributed by atoms with Gasteiger partial charge in [0.05, 0.1) is 0 Å². The summed E-state index contributed by atoms with van der Waals surface area (Å²) >= 11 is 0. The number of ether oxygens (including phenoxy) is 1. The maximum absolute atomic E-state index is 11.9. The van der Waals surface area contributed by atoms with Crippen LogP contribution in [0.3, 0.4) is 0 Å². The number of benzene rings is 1. The van der Waals surface area contributed by atoms with Crippen molar-refractivity contribution in [3.63, 3.8) is 0 Å². The molecule has 0 fully saturated rings. The lowest BCUT2D eigenvalue weighted by molar-refractivity contribution is -0.274. The zero-order chi connectivity index (χ0) is 15.0. The van der Waals surface area contributed by atoms with Crippen LogP contribution in [0.2, 0.25) is 0 Å². The van der Waals surface area contributed by atoms with Gasteiger partial charge in [0.2, 0.25) is 0 Å². The van der Waals surface area contributed by atoms with Crippen molar-refractivity contribution in [3.05, 3.63) is 24.3 Å². The number of carbonyl (C=O) groups excluding carboxylic acids is 1. The number of hydrogen-bond acceptors (Lipinski definition) is 3. The Bertz CT molecular complexity index is 421. The van der Waals surface area contributed by atoms with E-state index in [4.69, 9.17) is 5.73 Å². The van der Waals surface area contributed by atoms with Crippen LogP contribution in [-0.2, 0) is 0 Å². The molecule has 0 bridgehead atoms. The first-order chi connectivity index (χ1) is 9.40. The average Bonchev–Trinajstić information content (AvgIpc) is 2.35. The predicted molar refractivity (Wildman–Crippen MR) is 68.4 cm³/mol. The number of halogens is 3. The molecule has 0 spiro atoms. The molecule has 0 radical (unpaired) electrons. The standard InChI is InChI=1S/C12H16F3N3O2/c13-12(14,15)20-10-5-3-9(4-6-10)18-11(19)17-8-2-1-7-16/h3-6H,1-2,7-8,16H2,(H2,17,18,19). The van der Waals surface area contributed by atoms with Crippen molar-refractivity contribution >= 4 is 11.7 Å². The molecule has 20 heavy (non-hydrogen) atoms. The van der Waals surface area contributed by atoms with Crippen molar-refractivity contribution in [2.24, 2.45) is 5.73 Å². The van der Waals surface area contributed by atoms with E-state index in [2.05, 4.69) is 15.4 Å². The lowest BCUT2D eigenvalue weighted by atomic mass is 10.3. The number of urea groups is 1. The Hall–Kier alpha value is -1.96. The summed E-state index contributed by atoms with van der Waals surface area (Å²) in [5.41, 5.74) is 5.68. The molecule has 1 rings (SSSR count). The molecule has 0 heterocycles. The number of nitrogens with two attached hydrogens (primary N) is 1. The summed E-state index contributed by atoms with van der Waals surface area (Å²) < 4.78 is 39.5. The van der Waals surface area contributed by atoms with Crippen LogP contribution in [0, 0.1) is 0 Å². The van der Waals surface area contributed by atoms with Gasteiger partial charge in [-0.25, -0.2) is 4.79 Å². The summed E-state index contributed by atoms with van der Waals surface area (Å²) in [6, 6.07) is 4.46. The lowest BCUT2D eigenvalue weighted by Crippen LogP contribution is -2.29. The third kappa shape index (κ3) is 6.83. The Labute approximate surface area is 114 Å². The fourth-order valence-corrected chi connectivity index (χ4v) is 1.39. The highest BCUT2D eigenvalue weighted by atomic mass is 19.4. The molecular weight excluding hydrogens is 275 g/mol. The zero-order valence-electron chi connectivity index (χ0n) is 10.7. The quantitative estimate of drug-likeness (QED) is 0.705. The normalized spacial score (nSPS) is 11.0. The van der Waals surface area contributed by atoms with Crippen molar-refractivity contribution in [3.8, 4) is 5.75 Å². The third-order valence-electron chi connectivity index (χ3n) is 2.26. The molecule has 1 aromatic carbocycles. The Morgan fingerprint density at radius 2 is 1.85 bits per heavy atom. The zero-order valence-corrected chi connectivity index (χ0v) is 10.7. The van der Waals surface area contributed by atoms with Gasteiger partial charge < -0.3 is 21.1 Å². The summed E-state index contributed by atoms with van der Waals surface area (Å²) in [5.74, 6) is -0.341. The maximum Gasteiger partial charge on any atom is 0.573 e. The van der Waals surface area contributed by atoms with Crippen LogP contribution in [-0.4, -0.2) is 25.5 Å². The molecule has 1 aromatic rings. The average molecular weight is 291 g/mol. The molecule has 0 aliphatic heterocycles. The number of carbonyl (C=O) groups is 1. The van der Waals surface area contributed by atoms with Crippen molar-refractivity contribution < 1.29 is 22.7 Å². The van der Waals surface area contributed by atoms with Crippen LogP contribution in [0.1, 0.15) is 12.8 Å². The second-order valence-corrected chi connectivity index (χ2v) is 3.95. The lowest BCUT2D eigenvalue weighted by Gasteiger charge is -2.10. The molecule has 5 nitrogen and oxygen atoms in total. The Morgan fingerprint density at radius 1 is 1.20 bits per heavy atom. The van der Waals surface area contributed by atoms with Crippen LogP contribution in [0.25, 0.3) is 0 Å². The molecule has 0 saturated carbocycles. The molecule has 8 heteroatoms. The van der Waals surface area contributed by atoms with Gasteiger partial charge in [-0.05, 0) is 43.7 Å². The third-order valence-corrected chi connectivity index (χ3v) is 2.26. The van der Waals surface area contributed by atoms with E-state index in [1.54, 1.807) is 0 Å². The molecule has 112 valence electrons. The van der Waals surface area contributed by atoms with E-state index in [9.17, 15) is 18.0 Å². The van der Waals surface area contributed by atoms with Crippen LogP contribution < -0.4 is 21.1 Å². The van der Waals surface area contributed by atoms with Gasteiger partial charge in [-0.1, -0.05) is 0 Å². The first kappa shape index (κ1) is 16.1. The molecule has 0 aliphatic carbocycles. The minimum absolute atomic E-state index is 0.341. The fourth-order valence-electron chi connectivity index (χ4n) is 1.39. The number of hydrogen-bond donors (Lipinski definition) is 3. The molecule has 0 unspecified atom stereocenters. The number of nitrogens with one attached hydrogen (secondary N) is 2. The fraction of sp³-hybridized carbons (Fsp3) is 0.417. The van der Waals surface area contributed by atoms with Crippen molar-refractivity contribution in [2.75, 3.05) is 18.4 Å². The molecular formula is C12H16F3N3O2. The van der Waals surface area contributed by atoms with Gasteiger partial charge in [-0.3, -0.25) is 0 Å². The van der Waals surface area contributed by atoms with E-state index in [1.807, 2.05) is 0 Å². The van der Waals surface area contributed by atoms with Crippen molar-refractivity contribution in [2.45, 2.75) is 19.2 Å². The highest BCUT2D eigenvalue weighted by Gasteiger charge is 2.30. The Morgan fingerprint density at radius 3 is 2.40 bits per heavy atom. The number of unbranched alkanes of at least 4 members (excludes halogenated alkanes) is 1. The summed E-state index contributed by atoms with van der Waals surface area (Å²) in [4.78, 5) is 11.4. The van der Waals surface area contributed by atoms with E-state index in [-0.39, 0.29) is 5.75 Å². The van der Waals surface area contributed by atoms with E-state index >= 15 is 0 Å².